The molecular formula is C12H22O6. The standard InChI is InChI=1S/C12H22O6/c1-6-12(4,5)17-18-16-11(13)15-8-7-14-9-10(2)3/h2,6-9H2,1,3-5H3. The average Bonchev–Trinajstić information content (AvgIpc) is 2.28. The molecule has 0 rings (SSSR count). The molecule has 0 amide bonds. The number of hydrogen-bond donors (Lipinski definition) is 0. The largest absolute Gasteiger partial charge is 0.542 e. The van der Waals surface area contributed by atoms with E-state index in [4.69, 9.17) is 9.62 Å². The Labute approximate surface area is 108 Å². The van der Waals surface area contributed by atoms with Crippen LogP contribution in [0, 0.1) is 0 Å². The third kappa shape index (κ3) is 10.1. The Morgan fingerprint density at radius 1 is 1.28 bits per heavy atom. The summed E-state index contributed by atoms with van der Waals surface area (Å²) in [4.78, 5) is 20.1. The zero-order chi connectivity index (χ0) is 14.0. The molecule has 0 spiro atoms. The first kappa shape index (κ1) is 16.9. The van der Waals surface area contributed by atoms with Crippen molar-refractivity contribution in [3.63, 3.8) is 0 Å². The third-order valence-corrected chi connectivity index (χ3v) is 2.01. The van der Waals surface area contributed by atoms with Crippen molar-refractivity contribution in [1.82, 2.24) is 0 Å². The molecule has 6 nitrogen and oxygen atoms in total. The second kappa shape index (κ2) is 8.91. The van der Waals surface area contributed by atoms with Crippen LogP contribution in [-0.2, 0) is 24.3 Å². The molecule has 0 N–H and O–H groups in total. The van der Waals surface area contributed by atoms with Gasteiger partial charge in [-0.3, -0.25) is 0 Å². The van der Waals surface area contributed by atoms with E-state index in [2.05, 4.69) is 21.2 Å². The van der Waals surface area contributed by atoms with Crippen molar-refractivity contribution in [3.8, 4) is 0 Å². The summed E-state index contributed by atoms with van der Waals surface area (Å²) in [5.41, 5.74) is 0.376. The Bertz CT molecular complexity index is 261. The summed E-state index contributed by atoms with van der Waals surface area (Å²) in [6.07, 6.45) is -0.263. The van der Waals surface area contributed by atoms with Crippen molar-refractivity contribution in [2.75, 3.05) is 19.8 Å². The minimum Gasteiger partial charge on any atom is -0.430 e. The third-order valence-electron chi connectivity index (χ3n) is 2.01. The van der Waals surface area contributed by atoms with E-state index in [-0.39, 0.29) is 13.2 Å². The lowest BCUT2D eigenvalue weighted by molar-refractivity contribution is -0.517. The molecular weight excluding hydrogens is 240 g/mol. The lowest BCUT2D eigenvalue weighted by Gasteiger charge is -2.19. The molecule has 0 unspecified atom stereocenters. The van der Waals surface area contributed by atoms with Gasteiger partial charge in [0.05, 0.1) is 13.2 Å². The van der Waals surface area contributed by atoms with Crippen LogP contribution in [0.2, 0.25) is 0 Å². The highest BCUT2D eigenvalue weighted by atomic mass is 17.5. The summed E-state index contributed by atoms with van der Waals surface area (Å²) in [7, 11) is 0. The van der Waals surface area contributed by atoms with Crippen LogP contribution < -0.4 is 0 Å². The molecule has 0 heterocycles. The number of hydrogen-bond acceptors (Lipinski definition) is 6. The van der Waals surface area contributed by atoms with Crippen LogP contribution in [0.3, 0.4) is 0 Å². The Morgan fingerprint density at radius 3 is 2.50 bits per heavy atom. The molecule has 0 atom stereocenters. The van der Waals surface area contributed by atoms with Gasteiger partial charge in [-0.05, 0) is 32.2 Å². The molecule has 0 aromatic carbocycles. The highest BCUT2D eigenvalue weighted by Crippen LogP contribution is 2.13. The molecule has 0 saturated carbocycles. The predicted octanol–water partition coefficient (Wildman–Crippen LogP) is 2.78. The quantitative estimate of drug-likeness (QED) is 0.209. The summed E-state index contributed by atoms with van der Waals surface area (Å²) in [5, 5.41) is 4.32. The first-order chi connectivity index (χ1) is 8.37. The van der Waals surface area contributed by atoms with Gasteiger partial charge < -0.3 is 9.47 Å². The Balaban J connectivity index is 3.46. The number of carbonyl (C=O) groups is 1. The van der Waals surface area contributed by atoms with Crippen molar-refractivity contribution in [1.29, 1.82) is 0 Å². The highest BCUT2D eigenvalue weighted by molar-refractivity contribution is 5.58. The molecule has 0 aromatic rings. The van der Waals surface area contributed by atoms with Crippen molar-refractivity contribution < 1.29 is 29.1 Å². The molecule has 6 heteroatoms. The van der Waals surface area contributed by atoms with Crippen LogP contribution in [-0.4, -0.2) is 31.6 Å². The predicted molar refractivity (Wildman–Crippen MR) is 64.6 cm³/mol. The van der Waals surface area contributed by atoms with E-state index in [1.165, 1.54) is 0 Å². The maximum atomic E-state index is 11.0. The summed E-state index contributed by atoms with van der Waals surface area (Å²) >= 11 is 0. The van der Waals surface area contributed by atoms with Gasteiger partial charge in [0.25, 0.3) is 0 Å². The topological polar surface area (TPSA) is 63.2 Å². The Hall–Kier alpha value is -1.11. The fraction of sp³-hybridized carbons (Fsp3) is 0.750. The number of carbonyl (C=O) groups excluding carboxylic acids is 1. The molecule has 0 aliphatic heterocycles. The molecule has 106 valence electrons. The normalized spacial score (nSPS) is 11.1. The second-order valence-electron chi connectivity index (χ2n) is 4.46. The summed E-state index contributed by atoms with van der Waals surface area (Å²) in [6.45, 7) is 11.8. The first-order valence-corrected chi connectivity index (χ1v) is 5.78. The van der Waals surface area contributed by atoms with E-state index in [0.717, 1.165) is 5.57 Å². The maximum Gasteiger partial charge on any atom is 0.542 e. The summed E-state index contributed by atoms with van der Waals surface area (Å²) in [5.74, 6) is 0. The first-order valence-electron chi connectivity index (χ1n) is 5.78. The van der Waals surface area contributed by atoms with E-state index in [1.807, 2.05) is 13.8 Å². The van der Waals surface area contributed by atoms with E-state index in [9.17, 15) is 4.79 Å². The van der Waals surface area contributed by atoms with Crippen LogP contribution >= 0.6 is 0 Å². The van der Waals surface area contributed by atoms with Crippen LogP contribution in [0.1, 0.15) is 34.1 Å². The zero-order valence-corrected chi connectivity index (χ0v) is 11.5. The van der Waals surface area contributed by atoms with Gasteiger partial charge in [-0.15, -0.1) is 0 Å². The maximum absolute atomic E-state index is 11.0. The lowest BCUT2D eigenvalue weighted by Crippen LogP contribution is -2.24. The van der Waals surface area contributed by atoms with Crippen LogP contribution in [0.25, 0.3) is 0 Å². The SMILES string of the molecule is C=C(C)COCCOC(=O)OOOC(C)(C)CC. The zero-order valence-electron chi connectivity index (χ0n) is 11.5. The number of rotatable bonds is 9. The van der Waals surface area contributed by atoms with Gasteiger partial charge in [0.1, 0.15) is 12.2 Å². The average molecular weight is 262 g/mol. The van der Waals surface area contributed by atoms with Crippen molar-refractivity contribution in [2.24, 2.45) is 0 Å². The molecule has 0 aliphatic rings. The van der Waals surface area contributed by atoms with E-state index in [0.29, 0.717) is 13.0 Å². The summed E-state index contributed by atoms with van der Waals surface area (Å²) < 4.78 is 9.77. The van der Waals surface area contributed by atoms with Crippen LogP contribution in [0.4, 0.5) is 4.79 Å². The van der Waals surface area contributed by atoms with Gasteiger partial charge in [0.2, 0.25) is 0 Å². The monoisotopic (exact) mass is 262 g/mol. The molecule has 0 bridgehead atoms. The van der Waals surface area contributed by atoms with E-state index in [1.54, 1.807) is 13.8 Å². The van der Waals surface area contributed by atoms with Crippen LogP contribution in [0.5, 0.6) is 0 Å². The van der Waals surface area contributed by atoms with E-state index < -0.39 is 11.8 Å². The molecule has 0 fully saturated rings. The fourth-order valence-corrected chi connectivity index (χ4v) is 0.650. The van der Waals surface area contributed by atoms with E-state index >= 15 is 0 Å². The van der Waals surface area contributed by atoms with Crippen molar-refractivity contribution >= 4 is 6.16 Å². The molecule has 0 radical (unpaired) electrons. The van der Waals surface area contributed by atoms with Crippen molar-refractivity contribution in [2.45, 2.75) is 39.7 Å². The van der Waals surface area contributed by atoms with Crippen LogP contribution in [0.15, 0.2) is 12.2 Å². The molecule has 0 aromatic heterocycles. The van der Waals surface area contributed by atoms with Gasteiger partial charge in [-0.25, -0.2) is 9.68 Å². The molecule has 18 heavy (non-hydrogen) atoms. The Morgan fingerprint density at radius 2 is 1.94 bits per heavy atom. The van der Waals surface area contributed by atoms with Crippen molar-refractivity contribution in [3.05, 3.63) is 12.2 Å². The summed E-state index contributed by atoms with van der Waals surface area (Å²) in [6, 6.07) is 0. The van der Waals surface area contributed by atoms with Gasteiger partial charge in [-0.1, -0.05) is 19.1 Å². The lowest BCUT2D eigenvalue weighted by atomic mass is 10.1. The van der Waals surface area contributed by atoms with Gasteiger partial charge in [0.15, 0.2) is 0 Å². The molecule has 0 aliphatic carbocycles. The highest BCUT2D eigenvalue weighted by Gasteiger charge is 2.18. The Kier molecular flexibility index (Phi) is 8.36. The minimum absolute atomic E-state index is 0.0760. The van der Waals surface area contributed by atoms with Gasteiger partial charge >= 0.3 is 6.16 Å². The minimum atomic E-state index is -0.971. The van der Waals surface area contributed by atoms with Gasteiger partial charge in [0, 0.05) is 0 Å². The second-order valence-corrected chi connectivity index (χ2v) is 4.46. The number of ether oxygens (including phenoxy) is 2. The van der Waals surface area contributed by atoms with Gasteiger partial charge in [-0.2, -0.15) is 4.89 Å². The molecule has 0 saturated heterocycles. The smallest absolute Gasteiger partial charge is 0.430 e. The fourth-order valence-electron chi connectivity index (χ4n) is 0.650.